The van der Waals surface area contributed by atoms with E-state index >= 15 is 0 Å². The predicted octanol–water partition coefficient (Wildman–Crippen LogP) is 21.7. The second-order valence-corrected chi connectivity index (χ2v) is 22.0. The van der Waals surface area contributed by atoms with E-state index in [-0.39, 0.29) is 31.1 Å². The average molecular weight is 1000 g/mol. The molecular weight excluding hydrogens is 877 g/mol. The van der Waals surface area contributed by atoms with Gasteiger partial charge in [0.15, 0.2) is 6.10 Å². The van der Waals surface area contributed by atoms with Crippen LogP contribution in [-0.2, 0) is 28.6 Å². The van der Waals surface area contributed by atoms with Gasteiger partial charge in [0.05, 0.1) is 0 Å². The van der Waals surface area contributed by atoms with Crippen LogP contribution in [0.25, 0.3) is 0 Å². The molecule has 6 nitrogen and oxygen atoms in total. The van der Waals surface area contributed by atoms with Crippen molar-refractivity contribution in [1.29, 1.82) is 0 Å². The standard InChI is InChI=1S/C65H124O6/c1-4-7-10-13-16-18-20-22-23-24-25-26-27-28-29-30-31-32-33-34-35-36-37-38-39-40-41-43-44-46-49-52-55-58-64(67)70-61-62(60-69-63(66)57-54-51-48-15-12-9-6-3)71-65(68)59-56-53-50-47-45-42-21-19-17-14-11-8-5-2/h19,21,62H,4-18,20,22-61H2,1-3H3/b21-19-. The Labute approximate surface area is 443 Å². The van der Waals surface area contributed by atoms with Crippen molar-refractivity contribution in [3.05, 3.63) is 12.2 Å². The minimum absolute atomic E-state index is 0.0684. The highest BCUT2D eigenvalue weighted by molar-refractivity contribution is 5.71. The van der Waals surface area contributed by atoms with Crippen molar-refractivity contribution in [2.45, 2.75) is 374 Å². The molecule has 0 aromatic rings. The number of allylic oxidation sites excluding steroid dienone is 2. The van der Waals surface area contributed by atoms with Crippen LogP contribution in [0.3, 0.4) is 0 Å². The number of hydrogen-bond acceptors (Lipinski definition) is 6. The highest BCUT2D eigenvalue weighted by Crippen LogP contribution is 2.18. The third-order valence-corrected chi connectivity index (χ3v) is 14.8. The van der Waals surface area contributed by atoms with Crippen LogP contribution in [0.4, 0.5) is 0 Å². The Bertz CT molecular complexity index is 1100. The molecule has 0 bridgehead atoms. The molecular formula is C65H124O6. The summed E-state index contributed by atoms with van der Waals surface area (Å²) < 4.78 is 16.8. The molecule has 0 N–H and O–H groups in total. The van der Waals surface area contributed by atoms with Crippen molar-refractivity contribution in [3.8, 4) is 0 Å². The van der Waals surface area contributed by atoms with Gasteiger partial charge in [-0.25, -0.2) is 0 Å². The minimum atomic E-state index is -0.767. The average Bonchev–Trinajstić information content (AvgIpc) is 3.37. The van der Waals surface area contributed by atoms with Gasteiger partial charge in [0.2, 0.25) is 0 Å². The van der Waals surface area contributed by atoms with Crippen LogP contribution in [0.2, 0.25) is 0 Å². The molecule has 0 radical (unpaired) electrons. The fourth-order valence-electron chi connectivity index (χ4n) is 9.91. The van der Waals surface area contributed by atoms with Crippen molar-refractivity contribution >= 4 is 17.9 Å². The van der Waals surface area contributed by atoms with Gasteiger partial charge >= 0.3 is 17.9 Å². The number of carbonyl (C=O) groups excluding carboxylic acids is 3. The van der Waals surface area contributed by atoms with Crippen molar-refractivity contribution in [2.24, 2.45) is 0 Å². The van der Waals surface area contributed by atoms with Crippen LogP contribution in [0, 0.1) is 0 Å². The Morgan fingerprint density at radius 3 is 0.718 bits per heavy atom. The molecule has 0 aliphatic rings. The van der Waals surface area contributed by atoms with Crippen LogP contribution >= 0.6 is 0 Å². The number of ether oxygens (including phenoxy) is 3. The normalized spacial score (nSPS) is 12.0. The van der Waals surface area contributed by atoms with Crippen LogP contribution in [0.5, 0.6) is 0 Å². The fraction of sp³-hybridized carbons (Fsp3) is 0.923. The van der Waals surface area contributed by atoms with E-state index in [1.54, 1.807) is 0 Å². The first kappa shape index (κ1) is 69.2. The molecule has 0 aliphatic carbocycles. The molecule has 0 saturated heterocycles. The van der Waals surface area contributed by atoms with Crippen LogP contribution in [0.15, 0.2) is 12.2 Å². The zero-order valence-corrected chi connectivity index (χ0v) is 48.3. The van der Waals surface area contributed by atoms with Gasteiger partial charge in [-0.15, -0.1) is 0 Å². The Morgan fingerprint density at radius 2 is 0.465 bits per heavy atom. The molecule has 0 aromatic carbocycles. The zero-order valence-electron chi connectivity index (χ0n) is 48.3. The Balaban J connectivity index is 3.89. The maximum Gasteiger partial charge on any atom is 0.306 e. The summed E-state index contributed by atoms with van der Waals surface area (Å²) in [4.78, 5) is 37.9. The molecule has 6 heteroatoms. The first-order valence-corrected chi connectivity index (χ1v) is 32.2. The lowest BCUT2D eigenvalue weighted by Gasteiger charge is -2.18. The van der Waals surface area contributed by atoms with Crippen molar-refractivity contribution in [2.75, 3.05) is 13.2 Å². The molecule has 0 aliphatic heterocycles. The van der Waals surface area contributed by atoms with E-state index < -0.39 is 6.10 Å². The second kappa shape index (κ2) is 60.7. The molecule has 1 unspecified atom stereocenters. The van der Waals surface area contributed by atoms with Gasteiger partial charge in [-0.05, 0) is 44.9 Å². The van der Waals surface area contributed by atoms with Gasteiger partial charge < -0.3 is 14.2 Å². The highest BCUT2D eigenvalue weighted by atomic mass is 16.6. The molecule has 0 saturated carbocycles. The molecule has 71 heavy (non-hydrogen) atoms. The van der Waals surface area contributed by atoms with E-state index in [2.05, 4.69) is 32.9 Å². The highest BCUT2D eigenvalue weighted by Gasteiger charge is 2.19. The summed E-state index contributed by atoms with van der Waals surface area (Å²) in [6, 6.07) is 0. The number of carbonyl (C=O) groups is 3. The van der Waals surface area contributed by atoms with Crippen LogP contribution in [0.1, 0.15) is 367 Å². The molecule has 0 heterocycles. The minimum Gasteiger partial charge on any atom is -0.462 e. The number of unbranched alkanes of at least 4 members (excludes halogenated alkanes) is 47. The lowest BCUT2D eigenvalue weighted by molar-refractivity contribution is -0.167. The lowest BCUT2D eigenvalue weighted by atomic mass is 10.0. The smallest absolute Gasteiger partial charge is 0.306 e. The Morgan fingerprint density at radius 1 is 0.268 bits per heavy atom. The summed E-state index contributed by atoms with van der Waals surface area (Å²) in [5, 5.41) is 0. The second-order valence-electron chi connectivity index (χ2n) is 22.0. The quantitative estimate of drug-likeness (QED) is 0.0261. The van der Waals surface area contributed by atoms with E-state index in [0.29, 0.717) is 19.3 Å². The Kier molecular flexibility index (Phi) is 59.1. The summed E-state index contributed by atoms with van der Waals surface area (Å²) in [7, 11) is 0. The number of hydrogen-bond donors (Lipinski definition) is 0. The van der Waals surface area contributed by atoms with E-state index in [1.807, 2.05) is 0 Å². The lowest BCUT2D eigenvalue weighted by Crippen LogP contribution is -2.30. The van der Waals surface area contributed by atoms with Gasteiger partial charge in [-0.3, -0.25) is 14.4 Å². The van der Waals surface area contributed by atoms with Gasteiger partial charge in [-0.2, -0.15) is 0 Å². The van der Waals surface area contributed by atoms with Crippen molar-refractivity contribution < 1.29 is 28.6 Å². The summed E-state index contributed by atoms with van der Waals surface area (Å²) in [5.41, 5.74) is 0. The van der Waals surface area contributed by atoms with Gasteiger partial charge in [0.25, 0.3) is 0 Å². The third-order valence-electron chi connectivity index (χ3n) is 14.8. The molecule has 0 fully saturated rings. The topological polar surface area (TPSA) is 78.9 Å². The zero-order chi connectivity index (χ0) is 51.4. The first-order chi connectivity index (χ1) is 35.0. The molecule has 0 aromatic heterocycles. The van der Waals surface area contributed by atoms with Crippen molar-refractivity contribution in [1.82, 2.24) is 0 Å². The van der Waals surface area contributed by atoms with E-state index in [4.69, 9.17) is 14.2 Å². The largest absolute Gasteiger partial charge is 0.462 e. The van der Waals surface area contributed by atoms with Gasteiger partial charge in [0, 0.05) is 19.3 Å². The predicted molar refractivity (Wildman–Crippen MR) is 307 cm³/mol. The summed E-state index contributed by atoms with van der Waals surface area (Å²) in [6.07, 6.45) is 71.4. The maximum absolute atomic E-state index is 12.8. The maximum atomic E-state index is 12.8. The summed E-state index contributed by atoms with van der Waals surface area (Å²) in [5.74, 6) is -0.863. The molecule has 0 rings (SSSR count). The van der Waals surface area contributed by atoms with Gasteiger partial charge in [-0.1, -0.05) is 315 Å². The summed E-state index contributed by atoms with van der Waals surface area (Å²) in [6.45, 7) is 6.63. The fourth-order valence-corrected chi connectivity index (χ4v) is 9.91. The first-order valence-electron chi connectivity index (χ1n) is 32.2. The number of rotatable bonds is 60. The van der Waals surface area contributed by atoms with Crippen LogP contribution < -0.4 is 0 Å². The van der Waals surface area contributed by atoms with E-state index in [0.717, 1.165) is 64.2 Å². The molecule has 420 valence electrons. The molecule has 0 spiro atoms. The van der Waals surface area contributed by atoms with E-state index in [9.17, 15) is 14.4 Å². The molecule has 0 amide bonds. The molecule has 1 atom stereocenters. The SMILES string of the molecule is CCCCCC/C=C\CCCCCCCC(=O)OC(COC(=O)CCCCCCCCC)COC(=O)CCCCCCCCCCCCCCCCCCCCCCCCCCCCCCCCCCC. The van der Waals surface area contributed by atoms with Gasteiger partial charge in [0.1, 0.15) is 13.2 Å². The van der Waals surface area contributed by atoms with Crippen LogP contribution in [-0.4, -0.2) is 37.2 Å². The third kappa shape index (κ3) is 58.9. The van der Waals surface area contributed by atoms with Crippen molar-refractivity contribution in [3.63, 3.8) is 0 Å². The monoisotopic (exact) mass is 1000 g/mol. The Hall–Kier alpha value is -1.85. The van der Waals surface area contributed by atoms with E-state index in [1.165, 1.54) is 263 Å². The summed E-state index contributed by atoms with van der Waals surface area (Å²) >= 11 is 0. The number of esters is 3.